The highest BCUT2D eigenvalue weighted by molar-refractivity contribution is 5.85. The first-order chi connectivity index (χ1) is 7.61. The maximum atomic E-state index is 13.5. The van der Waals surface area contributed by atoms with Gasteiger partial charge in [-0.05, 0) is 24.8 Å². The van der Waals surface area contributed by atoms with Crippen LogP contribution in [0.5, 0.6) is 0 Å². The lowest BCUT2D eigenvalue weighted by Gasteiger charge is -2.19. The van der Waals surface area contributed by atoms with Crippen molar-refractivity contribution in [3.8, 4) is 0 Å². The van der Waals surface area contributed by atoms with E-state index in [9.17, 15) is 13.2 Å². The third-order valence-corrected chi connectivity index (χ3v) is 3.33. The molecule has 0 amide bonds. The van der Waals surface area contributed by atoms with Crippen molar-refractivity contribution in [1.82, 2.24) is 0 Å². The Morgan fingerprint density at radius 1 is 1.06 bits per heavy atom. The molecule has 96 valence electrons. The minimum Gasteiger partial charge on any atom is -0.324 e. The van der Waals surface area contributed by atoms with Gasteiger partial charge < -0.3 is 5.73 Å². The fourth-order valence-electron chi connectivity index (χ4n) is 2.37. The Morgan fingerprint density at radius 3 is 2.24 bits per heavy atom. The van der Waals surface area contributed by atoms with Crippen molar-refractivity contribution in [2.75, 3.05) is 0 Å². The molecule has 0 bridgehead atoms. The topological polar surface area (TPSA) is 26.0 Å². The van der Waals surface area contributed by atoms with E-state index in [2.05, 4.69) is 0 Å². The van der Waals surface area contributed by atoms with E-state index in [-0.39, 0.29) is 23.9 Å². The lowest BCUT2D eigenvalue weighted by Crippen LogP contribution is -2.21. The number of hydrogen-bond donors (Lipinski definition) is 1. The second kappa shape index (κ2) is 5.74. The molecule has 1 aliphatic rings. The highest BCUT2D eigenvalue weighted by atomic mass is 35.5. The van der Waals surface area contributed by atoms with Gasteiger partial charge in [-0.15, -0.1) is 12.4 Å². The Balaban J connectivity index is 0.00000144. The lowest BCUT2D eigenvalue weighted by molar-refractivity contribution is 0.399. The van der Waals surface area contributed by atoms with Gasteiger partial charge in [0, 0.05) is 11.6 Å². The molecule has 1 nitrogen and oxygen atoms in total. The fourth-order valence-corrected chi connectivity index (χ4v) is 2.37. The molecule has 1 aliphatic carbocycles. The van der Waals surface area contributed by atoms with E-state index >= 15 is 0 Å². The zero-order valence-electron chi connectivity index (χ0n) is 9.26. The van der Waals surface area contributed by atoms with Crippen molar-refractivity contribution in [3.63, 3.8) is 0 Å². The molecule has 5 heteroatoms. The van der Waals surface area contributed by atoms with Gasteiger partial charge in [0.2, 0.25) is 0 Å². The summed E-state index contributed by atoms with van der Waals surface area (Å²) < 4.78 is 39.2. The van der Waals surface area contributed by atoms with Gasteiger partial charge in [-0.3, -0.25) is 0 Å². The van der Waals surface area contributed by atoms with Gasteiger partial charge in [0.1, 0.15) is 0 Å². The average molecular weight is 266 g/mol. The van der Waals surface area contributed by atoms with E-state index in [0.29, 0.717) is 0 Å². The molecule has 1 fully saturated rings. The predicted molar refractivity (Wildman–Crippen MR) is 62.5 cm³/mol. The predicted octanol–water partition coefficient (Wildman–Crippen LogP) is 3.72. The monoisotopic (exact) mass is 265 g/mol. The number of rotatable bonds is 2. The summed E-state index contributed by atoms with van der Waals surface area (Å²) in [6, 6.07) is 1.65. The molecule has 2 rings (SSSR count). The van der Waals surface area contributed by atoms with Crippen molar-refractivity contribution in [1.29, 1.82) is 0 Å². The van der Waals surface area contributed by atoms with Gasteiger partial charge in [-0.1, -0.05) is 18.9 Å². The van der Waals surface area contributed by atoms with Crippen molar-refractivity contribution in [3.05, 3.63) is 35.1 Å². The molecule has 0 spiro atoms. The van der Waals surface area contributed by atoms with Crippen LogP contribution in [0.2, 0.25) is 0 Å². The van der Waals surface area contributed by atoms with Crippen LogP contribution in [-0.4, -0.2) is 0 Å². The second-order valence-corrected chi connectivity index (χ2v) is 4.33. The molecule has 0 aliphatic heterocycles. The molecular weight excluding hydrogens is 251 g/mol. The quantitative estimate of drug-likeness (QED) is 0.811. The van der Waals surface area contributed by atoms with E-state index in [4.69, 9.17) is 5.73 Å². The summed E-state index contributed by atoms with van der Waals surface area (Å²) in [6.07, 6.45) is 4.01. The second-order valence-electron chi connectivity index (χ2n) is 4.33. The van der Waals surface area contributed by atoms with Crippen molar-refractivity contribution < 1.29 is 13.2 Å². The third kappa shape index (κ3) is 2.75. The van der Waals surface area contributed by atoms with Crippen LogP contribution in [0.25, 0.3) is 0 Å². The van der Waals surface area contributed by atoms with Gasteiger partial charge in [0.05, 0.1) is 0 Å². The molecule has 0 heterocycles. The van der Waals surface area contributed by atoms with Crippen molar-refractivity contribution in [2.24, 2.45) is 11.7 Å². The molecule has 0 saturated heterocycles. The molecular formula is C12H15ClF3N. The first-order valence-corrected chi connectivity index (χ1v) is 5.50. The van der Waals surface area contributed by atoms with Crippen LogP contribution in [0.4, 0.5) is 13.2 Å². The molecule has 0 unspecified atom stereocenters. The molecule has 1 saturated carbocycles. The maximum absolute atomic E-state index is 13.5. The standard InChI is InChI=1S/C12H14F3N.ClH/c13-9-6-5-8(10(14)11(9)15)12(16)7-3-1-2-4-7;/h5-7,12H,1-4,16H2;1H/t12-;/m1./s1. The van der Waals surface area contributed by atoms with E-state index in [0.717, 1.165) is 31.7 Å². The van der Waals surface area contributed by atoms with E-state index in [1.165, 1.54) is 6.07 Å². The summed E-state index contributed by atoms with van der Waals surface area (Å²) >= 11 is 0. The SMILES string of the molecule is Cl.N[C@@H](c1ccc(F)c(F)c1F)C1CCCC1. The first-order valence-electron chi connectivity index (χ1n) is 5.50. The zero-order valence-corrected chi connectivity index (χ0v) is 10.1. The van der Waals surface area contributed by atoms with E-state index < -0.39 is 23.5 Å². The normalized spacial score (nSPS) is 17.9. The van der Waals surface area contributed by atoms with Crippen LogP contribution in [-0.2, 0) is 0 Å². The maximum Gasteiger partial charge on any atom is 0.194 e. The third-order valence-electron chi connectivity index (χ3n) is 3.33. The van der Waals surface area contributed by atoms with Crippen LogP contribution in [0.15, 0.2) is 12.1 Å². The van der Waals surface area contributed by atoms with Gasteiger partial charge in [-0.25, -0.2) is 13.2 Å². The van der Waals surface area contributed by atoms with E-state index in [1.54, 1.807) is 0 Å². The Bertz CT molecular complexity index is 392. The smallest absolute Gasteiger partial charge is 0.194 e. The lowest BCUT2D eigenvalue weighted by atomic mass is 9.92. The molecule has 1 aromatic rings. The van der Waals surface area contributed by atoms with Crippen LogP contribution in [0.1, 0.15) is 37.3 Å². The summed E-state index contributed by atoms with van der Waals surface area (Å²) in [4.78, 5) is 0. The van der Waals surface area contributed by atoms with Crippen LogP contribution < -0.4 is 5.73 Å². The number of nitrogens with two attached hydrogens (primary N) is 1. The highest BCUT2D eigenvalue weighted by Crippen LogP contribution is 2.35. The summed E-state index contributed by atoms with van der Waals surface area (Å²) in [5, 5.41) is 0. The summed E-state index contributed by atoms with van der Waals surface area (Å²) in [5.41, 5.74) is 5.98. The Morgan fingerprint density at radius 2 is 1.65 bits per heavy atom. The number of benzene rings is 1. The molecule has 1 aromatic carbocycles. The molecule has 0 radical (unpaired) electrons. The molecule has 17 heavy (non-hydrogen) atoms. The van der Waals surface area contributed by atoms with Crippen LogP contribution >= 0.6 is 12.4 Å². The molecule has 0 aromatic heterocycles. The van der Waals surface area contributed by atoms with Crippen molar-refractivity contribution in [2.45, 2.75) is 31.7 Å². The van der Waals surface area contributed by atoms with E-state index in [1.807, 2.05) is 0 Å². The summed E-state index contributed by atoms with van der Waals surface area (Å²) in [6.45, 7) is 0. The fraction of sp³-hybridized carbons (Fsp3) is 0.500. The minimum atomic E-state index is -1.43. The molecule has 2 N–H and O–H groups in total. The minimum absolute atomic E-state index is 0. The van der Waals surface area contributed by atoms with Gasteiger partial charge >= 0.3 is 0 Å². The van der Waals surface area contributed by atoms with Gasteiger partial charge in [0.15, 0.2) is 17.5 Å². The van der Waals surface area contributed by atoms with Gasteiger partial charge in [0.25, 0.3) is 0 Å². The van der Waals surface area contributed by atoms with Gasteiger partial charge in [-0.2, -0.15) is 0 Å². The summed E-state index contributed by atoms with van der Waals surface area (Å²) in [7, 11) is 0. The first kappa shape index (κ1) is 14.3. The average Bonchev–Trinajstić information content (AvgIpc) is 2.79. The summed E-state index contributed by atoms with van der Waals surface area (Å²) in [5.74, 6) is -3.55. The highest BCUT2D eigenvalue weighted by Gasteiger charge is 2.27. The number of hydrogen-bond acceptors (Lipinski definition) is 1. The Labute approximate surface area is 105 Å². The van der Waals surface area contributed by atoms with Crippen molar-refractivity contribution >= 4 is 12.4 Å². The largest absolute Gasteiger partial charge is 0.324 e. The zero-order chi connectivity index (χ0) is 11.7. The Kier molecular flexibility index (Phi) is 4.83. The van der Waals surface area contributed by atoms with Crippen LogP contribution in [0, 0.1) is 23.4 Å². The van der Waals surface area contributed by atoms with Crippen LogP contribution in [0.3, 0.4) is 0 Å². The Hall–Kier alpha value is -0.740. The number of halogens is 4. The molecule has 1 atom stereocenters.